The average Bonchev–Trinajstić information content (AvgIpc) is 3.27. The van der Waals surface area contributed by atoms with E-state index in [0.29, 0.717) is 24.5 Å². The first-order valence-corrected chi connectivity index (χ1v) is 8.49. The number of H-pyrrole nitrogens is 1. The number of imidazole rings is 1. The molecule has 5 N–H and O–H groups in total. The number of aromatic amines is 1. The molecule has 0 bridgehead atoms. The topological polar surface area (TPSA) is 113 Å². The smallest absolute Gasteiger partial charge is 0.123 e. The number of aromatic hydroxyl groups is 1. The Kier molecular flexibility index (Phi) is 4.25. The number of amidine groups is 1. The molecule has 0 aliphatic rings. The lowest BCUT2D eigenvalue weighted by molar-refractivity contribution is 0.297. The summed E-state index contributed by atoms with van der Waals surface area (Å²) in [6.07, 6.45) is 5.49. The first-order chi connectivity index (χ1) is 13.1. The third-order valence-corrected chi connectivity index (χ3v) is 4.40. The Hall–Kier alpha value is -3.74. The maximum absolute atomic E-state index is 9.50. The number of hydrogen-bond acceptors (Lipinski definition) is 4. The van der Waals surface area contributed by atoms with E-state index in [0.717, 1.165) is 22.2 Å². The Morgan fingerprint density at radius 2 is 2.15 bits per heavy atom. The van der Waals surface area contributed by atoms with Crippen LogP contribution in [0.15, 0.2) is 61.2 Å². The number of nitrogens with two attached hydrogens (primary N) is 1. The molecule has 4 rings (SSSR count). The zero-order valence-electron chi connectivity index (χ0n) is 14.5. The molecule has 0 saturated heterocycles. The van der Waals surface area contributed by atoms with Crippen molar-refractivity contribution >= 4 is 16.7 Å². The van der Waals surface area contributed by atoms with E-state index in [1.165, 1.54) is 0 Å². The fourth-order valence-corrected chi connectivity index (χ4v) is 3.06. The highest BCUT2D eigenvalue weighted by Crippen LogP contribution is 2.29. The highest BCUT2D eigenvalue weighted by atomic mass is 16.5. The summed E-state index contributed by atoms with van der Waals surface area (Å²) in [5, 5.41) is 18.1. The van der Waals surface area contributed by atoms with E-state index in [-0.39, 0.29) is 11.6 Å². The van der Waals surface area contributed by atoms with Gasteiger partial charge in [0.15, 0.2) is 0 Å². The summed E-state index contributed by atoms with van der Waals surface area (Å²) in [5.74, 6) is 0.836. The van der Waals surface area contributed by atoms with E-state index in [1.54, 1.807) is 36.8 Å². The normalized spacial score (nSPS) is 11.0. The van der Waals surface area contributed by atoms with Crippen LogP contribution in [0.5, 0.6) is 11.5 Å². The quantitative estimate of drug-likeness (QED) is 0.312. The van der Waals surface area contributed by atoms with E-state index in [2.05, 4.69) is 9.97 Å². The minimum atomic E-state index is 0.0390. The van der Waals surface area contributed by atoms with Gasteiger partial charge in [-0.3, -0.25) is 5.41 Å². The standard InChI is InChI=1S/C20H19N5O2/c21-20(22)13-4-5-18-16(8-13)17(10-24-18)19-11-23-12-25(19)6-7-27-15-3-1-2-14(26)9-15/h1-5,8-12,24,26H,6-7H2,(H3,21,22). The molecule has 0 spiro atoms. The predicted octanol–water partition coefficient (Wildman–Crippen LogP) is 3.10. The number of nitrogen functional groups attached to an aromatic ring is 1. The molecule has 2 heterocycles. The molecular formula is C20H19N5O2. The molecule has 0 fully saturated rings. The second-order valence-electron chi connectivity index (χ2n) is 6.19. The highest BCUT2D eigenvalue weighted by Gasteiger charge is 2.12. The lowest BCUT2D eigenvalue weighted by Crippen LogP contribution is -2.10. The fraction of sp³-hybridized carbons (Fsp3) is 0.100. The van der Waals surface area contributed by atoms with Gasteiger partial charge >= 0.3 is 0 Å². The minimum Gasteiger partial charge on any atom is -0.508 e. The number of ether oxygens (including phenoxy) is 1. The zero-order chi connectivity index (χ0) is 18.8. The van der Waals surface area contributed by atoms with Crippen molar-refractivity contribution in [2.24, 2.45) is 5.73 Å². The maximum atomic E-state index is 9.50. The summed E-state index contributed by atoms with van der Waals surface area (Å²) in [5.41, 5.74) is 9.21. The van der Waals surface area contributed by atoms with Gasteiger partial charge in [-0.1, -0.05) is 6.07 Å². The van der Waals surface area contributed by atoms with Gasteiger partial charge in [-0.25, -0.2) is 4.98 Å². The first kappa shape index (κ1) is 16.7. The molecule has 0 atom stereocenters. The molecule has 136 valence electrons. The van der Waals surface area contributed by atoms with Crippen LogP contribution in [0.25, 0.3) is 22.2 Å². The molecular weight excluding hydrogens is 342 g/mol. The molecule has 0 radical (unpaired) electrons. The van der Waals surface area contributed by atoms with Gasteiger partial charge in [-0.05, 0) is 30.3 Å². The van der Waals surface area contributed by atoms with Crippen LogP contribution in [0, 0.1) is 5.41 Å². The average molecular weight is 361 g/mol. The monoisotopic (exact) mass is 361 g/mol. The maximum Gasteiger partial charge on any atom is 0.123 e. The van der Waals surface area contributed by atoms with E-state index in [4.69, 9.17) is 15.9 Å². The van der Waals surface area contributed by atoms with Gasteiger partial charge in [0.1, 0.15) is 23.9 Å². The Balaban J connectivity index is 1.57. The molecule has 2 aromatic heterocycles. The number of benzene rings is 2. The number of rotatable bonds is 6. The summed E-state index contributed by atoms with van der Waals surface area (Å²) in [7, 11) is 0. The molecule has 0 aliphatic carbocycles. The molecule has 4 aromatic rings. The molecule has 7 heteroatoms. The molecule has 27 heavy (non-hydrogen) atoms. The van der Waals surface area contributed by atoms with Crippen molar-refractivity contribution in [3.05, 3.63) is 66.7 Å². The van der Waals surface area contributed by atoms with Gasteiger partial charge in [-0.15, -0.1) is 0 Å². The number of phenolic OH excluding ortho intramolecular Hbond substituents is 1. The van der Waals surface area contributed by atoms with Crippen LogP contribution < -0.4 is 10.5 Å². The van der Waals surface area contributed by atoms with Gasteiger partial charge in [-0.2, -0.15) is 0 Å². The number of aromatic nitrogens is 3. The zero-order valence-corrected chi connectivity index (χ0v) is 14.5. The first-order valence-electron chi connectivity index (χ1n) is 8.49. The largest absolute Gasteiger partial charge is 0.508 e. The van der Waals surface area contributed by atoms with Crippen LogP contribution in [0.3, 0.4) is 0 Å². The SMILES string of the molecule is N=C(N)c1ccc2[nH]cc(-c3cncn3CCOc3cccc(O)c3)c2c1. The van der Waals surface area contributed by atoms with Gasteiger partial charge in [0.05, 0.1) is 24.8 Å². The highest BCUT2D eigenvalue weighted by molar-refractivity contribution is 6.02. The summed E-state index contributed by atoms with van der Waals surface area (Å²) < 4.78 is 7.72. The number of nitrogens with zero attached hydrogens (tertiary/aromatic N) is 2. The summed E-state index contributed by atoms with van der Waals surface area (Å²) in [4.78, 5) is 7.52. The lowest BCUT2D eigenvalue weighted by Gasteiger charge is -2.10. The molecule has 0 saturated carbocycles. The van der Waals surface area contributed by atoms with Crippen LogP contribution in [0.2, 0.25) is 0 Å². The van der Waals surface area contributed by atoms with Gasteiger partial charge in [0.2, 0.25) is 0 Å². The number of fused-ring (bicyclic) bond motifs is 1. The Morgan fingerprint density at radius 1 is 1.26 bits per heavy atom. The van der Waals surface area contributed by atoms with Crippen LogP contribution in [-0.4, -0.2) is 32.1 Å². The molecule has 0 unspecified atom stereocenters. The van der Waals surface area contributed by atoms with Crippen molar-refractivity contribution in [3.63, 3.8) is 0 Å². The number of hydrogen-bond donors (Lipinski definition) is 4. The summed E-state index contributed by atoms with van der Waals surface area (Å²) >= 11 is 0. The van der Waals surface area contributed by atoms with Crippen molar-refractivity contribution < 1.29 is 9.84 Å². The van der Waals surface area contributed by atoms with Crippen molar-refractivity contribution in [1.29, 1.82) is 5.41 Å². The second-order valence-corrected chi connectivity index (χ2v) is 6.19. The molecule has 7 nitrogen and oxygen atoms in total. The summed E-state index contributed by atoms with van der Waals surface area (Å²) in [6, 6.07) is 12.4. The van der Waals surface area contributed by atoms with Crippen molar-refractivity contribution in [3.8, 4) is 22.8 Å². The van der Waals surface area contributed by atoms with Gasteiger partial charge in [0.25, 0.3) is 0 Å². The Bertz CT molecular complexity index is 1110. The van der Waals surface area contributed by atoms with Crippen LogP contribution in [0.1, 0.15) is 5.56 Å². The van der Waals surface area contributed by atoms with Crippen molar-refractivity contribution in [2.45, 2.75) is 6.54 Å². The van der Waals surface area contributed by atoms with Crippen molar-refractivity contribution in [2.75, 3.05) is 6.61 Å². The van der Waals surface area contributed by atoms with E-state index >= 15 is 0 Å². The lowest BCUT2D eigenvalue weighted by atomic mass is 10.1. The number of phenols is 1. The van der Waals surface area contributed by atoms with E-state index in [9.17, 15) is 5.11 Å². The van der Waals surface area contributed by atoms with E-state index < -0.39 is 0 Å². The second kappa shape index (κ2) is 6.87. The molecule has 2 aromatic carbocycles. The van der Waals surface area contributed by atoms with Crippen LogP contribution >= 0.6 is 0 Å². The Morgan fingerprint density at radius 3 is 2.96 bits per heavy atom. The fourth-order valence-electron chi connectivity index (χ4n) is 3.06. The van der Waals surface area contributed by atoms with Gasteiger partial charge < -0.3 is 25.1 Å². The molecule has 0 amide bonds. The third kappa shape index (κ3) is 3.35. The van der Waals surface area contributed by atoms with Gasteiger partial charge in [0, 0.05) is 34.3 Å². The summed E-state index contributed by atoms with van der Waals surface area (Å²) in [6.45, 7) is 1.04. The van der Waals surface area contributed by atoms with Crippen molar-refractivity contribution in [1.82, 2.24) is 14.5 Å². The molecule has 0 aliphatic heterocycles. The number of nitrogens with one attached hydrogen (secondary N) is 2. The van der Waals surface area contributed by atoms with Crippen LogP contribution in [-0.2, 0) is 6.54 Å². The Labute approximate surface area is 155 Å². The van der Waals surface area contributed by atoms with E-state index in [1.807, 2.05) is 29.0 Å². The van der Waals surface area contributed by atoms with Crippen LogP contribution in [0.4, 0.5) is 0 Å². The third-order valence-electron chi connectivity index (χ3n) is 4.40. The predicted molar refractivity (Wildman–Crippen MR) is 104 cm³/mol. The minimum absolute atomic E-state index is 0.0390.